The van der Waals surface area contributed by atoms with Gasteiger partial charge in [-0.05, 0) is 106 Å². The molecule has 0 radical (unpaired) electrons. The highest BCUT2D eigenvalue weighted by molar-refractivity contribution is 6.42. The minimum Gasteiger partial charge on any atom is -0.356 e. The Kier molecular flexibility index (Phi) is 11.7. The van der Waals surface area contributed by atoms with Crippen LogP contribution < -0.4 is 10.6 Å². The topological polar surface area (TPSA) is 61.4 Å². The first-order valence-electron chi connectivity index (χ1n) is 14.5. The van der Waals surface area contributed by atoms with Crippen LogP contribution in [0.15, 0.2) is 54.6 Å². The Morgan fingerprint density at radius 1 is 0.897 bits per heavy atom. The molecule has 2 fully saturated rings. The van der Waals surface area contributed by atoms with Crippen LogP contribution in [0.2, 0.25) is 10.0 Å². The standard InChI is InChI=1S/C32H41Cl2N3O2/c33-29-13-11-25(22-30(29)34)12-14-31(38)35-17-5-2-6-19-37-20-15-24(16-21-37)8-7-18-36-32(39)28-23-27(28)26-9-3-1-4-10-26/h1,3-4,9-14,22,24,27-28H,2,5-8,15-21,23H2,(H,35,38)(H,36,39)/b14-12+. The van der Waals surface area contributed by atoms with Gasteiger partial charge in [0.1, 0.15) is 0 Å². The number of hydrogen-bond donors (Lipinski definition) is 2. The summed E-state index contributed by atoms with van der Waals surface area (Å²) in [6.45, 7) is 4.98. The predicted octanol–water partition coefficient (Wildman–Crippen LogP) is 6.71. The van der Waals surface area contributed by atoms with E-state index in [1.165, 1.54) is 44.0 Å². The Morgan fingerprint density at radius 2 is 1.67 bits per heavy atom. The normalized spacial score (nSPS) is 19.7. The van der Waals surface area contributed by atoms with Crippen LogP contribution in [0.4, 0.5) is 0 Å². The molecule has 0 bridgehead atoms. The van der Waals surface area contributed by atoms with Gasteiger partial charge in [0.15, 0.2) is 0 Å². The van der Waals surface area contributed by atoms with Gasteiger partial charge in [0.05, 0.1) is 10.0 Å². The maximum absolute atomic E-state index is 12.4. The average Bonchev–Trinajstić information content (AvgIpc) is 3.76. The van der Waals surface area contributed by atoms with Crippen molar-refractivity contribution >= 4 is 41.1 Å². The van der Waals surface area contributed by atoms with E-state index in [9.17, 15) is 9.59 Å². The Balaban J connectivity index is 0.971. The average molecular weight is 571 g/mol. The maximum atomic E-state index is 12.4. The molecule has 2 aromatic carbocycles. The van der Waals surface area contributed by atoms with E-state index in [-0.39, 0.29) is 17.7 Å². The van der Waals surface area contributed by atoms with E-state index >= 15 is 0 Å². The van der Waals surface area contributed by atoms with E-state index in [1.54, 1.807) is 18.2 Å². The van der Waals surface area contributed by atoms with Crippen molar-refractivity contribution in [2.75, 3.05) is 32.7 Å². The zero-order chi connectivity index (χ0) is 27.5. The van der Waals surface area contributed by atoms with Crippen molar-refractivity contribution in [2.24, 2.45) is 11.8 Å². The van der Waals surface area contributed by atoms with Gasteiger partial charge in [0.2, 0.25) is 11.8 Å². The van der Waals surface area contributed by atoms with Gasteiger partial charge >= 0.3 is 0 Å². The molecule has 2 N–H and O–H groups in total. The number of likely N-dealkylation sites (tertiary alicyclic amines) is 1. The molecule has 39 heavy (non-hydrogen) atoms. The molecule has 1 aliphatic heterocycles. The molecule has 0 spiro atoms. The number of nitrogens with one attached hydrogen (secondary N) is 2. The van der Waals surface area contributed by atoms with Crippen LogP contribution in [0.3, 0.4) is 0 Å². The lowest BCUT2D eigenvalue weighted by molar-refractivity contribution is -0.122. The second kappa shape index (κ2) is 15.4. The number of amides is 2. The van der Waals surface area contributed by atoms with Crippen LogP contribution in [0.1, 0.15) is 68.4 Å². The van der Waals surface area contributed by atoms with Crippen molar-refractivity contribution in [3.05, 3.63) is 75.8 Å². The fourth-order valence-corrected chi connectivity index (χ4v) is 5.79. The van der Waals surface area contributed by atoms with Crippen molar-refractivity contribution in [1.29, 1.82) is 0 Å². The molecule has 1 saturated heterocycles. The van der Waals surface area contributed by atoms with Gasteiger partial charge in [0, 0.05) is 25.1 Å². The molecule has 1 saturated carbocycles. The molecule has 210 valence electrons. The second-order valence-corrected chi connectivity index (χ2v) is 11.8. The third kappa shape index (κ3) is 9.97. The maximum Gasteiger partial charge on any atom is 0.243 e. The smallest absolute Gasteiger partial charge is 0.243 e. The number of carbonyl (C=O) groups is 2. The Hall–Kier alpha value is -2.34. The Labute approximate surface area is 243 Å². The van der Waals surface area contributed by atoms with Crippen LogP contribution in [-0.2, 0) is 9.59 Å². The highest BCUT2D eigenvalue weighted by Gasteiger charge is 2.43. The summed E-state index contributed by atoms with van der Waals surface area (Å²) in [5.41, 5.74) is 2.14. The summed E-state index contributed by atoms with van der Waals surface area (Å²) in [4.78, 5) is 27.0. The lowest BCUT2D eigenvalue weighted by atomic mass is 9.92. The minimum absolute atomic E-state index is 0.0911. The van der Waals surface area contributed by atoms with E-state index in [0.29, 0.717) is 22.5 Å². The molecular formula is C32H41Cl2N3O2. The summed E-state index contributed by atoms with van der Waals surface area (Å²) in [6.07, 6.45) is 12.3. The summed E-state index contributed by atoms with van der Waals surface area (Å²) in [5, 5.41) is 7.11. The van der Waals surface area contributed by atoms with Gasteiger partial charge in [0.25, 0.3) is 0 Å². The molecule has 7 heteroatoms. The van der Waals surface area contributed by atoms with Gasteiger partial charge in [-0.25, -0.2) is 0 Å². The SMILES string of the molecule is O=C(/C=C/c1ccc(Cl)c(Cl)c1)NCCCCCN1CCC(CCCNC(=O)C2CC2c2ccccc2)CC1. The predicted molar refractivity (Wildman–Crippen MR) is 161 cm³/mol. The van der Waals surface area contributed by atoms with Gasteiger partial charge in [-0.2, -0.15) is 0 Å². The number of piperidine rings is 1. The van der Waals surface area contributed by atoms with Crippen LogP contribution >= 0.6 is 23.2 Å². The van der Waals surface area contributed by atoms with E-state index in [0.717, 1.165) is 56.7 Å². The number of unbranched alkanes of at least 4 members (excludes halogenated alkanes) is 2. The first-order valence-corrected chi connectivity index (χ1v) is 15.2. The number of benzene rings is 2. The van der Waals surface area contributed by atoms with Crippen molar-refractivity contribution in [3.63, 3.8) is 0 Å². The molecule has 5 nitrogen and oxygen atoms in total. The fourth-order valence-electron chi connectivity index (χ4n) is 5.48. The van der Waals surface area contributed by atoms with Crippen molar-refractivity contribution in [2.45, 2.75) is 57.3 Å². The third-order valence-corrected chi connectivity index (χ3v) is 8.71. The van der Waals surface area contributed by atoms with Crippen LogP contribution in [0.5, 0.6) is 0 Å². The van der Waals surface area contributed by atoms with Crippen LogP contribution in [0, 0.1) is 11.8 Å². The van der Waals surface area contributed by atoms with E-state index in [1.807, 2.05) is 12.1 Å². The lowest BCUT2D eigenvalue weighted by Gasteiger charge is -2.32. The second-order valence-electron chi connectivity index (χ2n) is 10.9. The molecule has 2 unspecified atom stereocenters. The summed E-state index contributed by atoms with van der Waals surface area (Å²) in [7, 11) is 0. The first kappa shape index (κ1) is 29.6. The molecule has 1 aliphatic carbocycles. The number of rotatable bonds is 14. The quantitative estimate of drug-likeness (QED) is 0.196. The van der Waals surface area contributed by atoms with Gasteiger partial charge in [-0.3, -0.25) is 9.59 Å². The molecular weight excluding hydrogens is 529 g/mol. The van der Waals surface area contributed by atoms with Crippen molar-refractivity contribution in [3.8, 4) is 0 Å². The zero-order valence-corrected chi connectivity index (χ0v) is 24.2. The van der Waals surface area contributed by atoms with Crippen molar-refractivity contribution < 1.29 is 9.59 Å². The first-order chi connectivity index (χ1) is 19.0. The number of halogens is 2. The molecule has 0 aromatic heterocycles. The highest BCUT2D eigenvalue weighted by atomic mass is 35.5. The zero-order valence-electron chi connectivity index (χ0n) is 22.7. The summed E-state index contributed by atoms with van der Waals surface area (Å²) in [5.74, 6) is 1.51. The summed E-state index contributed by atoms with van der Waals surface area (Å²) < 4.78 is 0. The van der Waals surface area contributed by atoms with Gasteiger partial charge in [-0.15, -0.1) is 0 Å². The Bertz CT molecular complexity index is 1100. The van der Waals surface area contributed by atoms with Crippen LogP contribution in [0.25, 0.3) is 6.08 Å². The van der Waals surface area contributed by atoms with E-state index < -0.39 is 0 Å². The van der Waals surface area contributed by atoms with Gasteiger partial charge < -0.3 is 15.5 Å². The number of carbonyl (C=O) groups excluding carboxylic acids is 2. The van der Waals surface area contributed by atoms with E-state index in [2.05, 4.69) is 39.8 Å². The summed E-state index contributed by atoms with van der Waals surface area (Å²) >= 11 is 11.9. The molecule has 1 heterocycles. The van der Waals surface area contributed by atoms with Gasteiger partial charge in [-0.1, -0.05) is 66.0 Å². The minimum atomic E-state index is -0.0911. The molecule has 2 atom stereocenters. The molecule has 2 aliphatic rings. The van der Waals surface area contributed by atoms with Crippen molar-refractivity contribution in [1.82, 2.24) is 15.5 Å². The molecule has 4 rings (SSSR count). The lowest BCUT2D eigenvalue weighted by Crippen LogP contribution is -2.35. The number of hydrogen-bond acceptors (Lipinski definition) is 3. The Morgan fingerprint density at radius 3 is 2.44 bits per heavy atom. The molecule has 2 amide bonds. The van der Waals surface area contributed by atoms with Crippen LogP contribution in [-0.4, -0.2) is 49.4 Å². The highest BCUT2D eigenvalue weighted by Crippen LogP contribution is 2.47. The monoisotopic (exact) mass is 569 g/mol. The largest absolute Gasteiger partial charge is 0.356 e. The van der Waals surface area contributed by atoms with E-state index in [4.69, 9.17) is 23.2 Å². The summed E-state index contributed by atoms with van der Waals surface area (Å²) in [6, 6.07) is 15.7. The fraction of sp³-hybridized carbons (Fsp3) is 0.500. The number of nitrogens with zero attached hydrogens (tertiary/aromatic N) is 1. The molecule has 2 aromatic rings. The third-order valence-electron chi connectivity index (χ3n) is 7.97.